The molecule has 1 unspecified atom stereocenters. The second-order valence-electron chi connectivity index (χ2n) is 4.42. The van der Waals surface area contributed by atoms with E-state index in [2.05, 4.69) is 4.98 Å². The van der Waals surface area contributed by atoms with Gasteiger partial charge in [-0.1, -0.05) is 18.2 Å². The Hall–Kier alpha value is -1.94. The molecule has 4 nitrogen and oxygen atoms in total. The topological polar surface area (TPSA) is 53.4 Å². The second kappa shape index (κ2) is 5.14. The predicted molar refractivity (Wildman–Crippen MR) is 70.3 cm³/mol. The van der Waals surface area contributed by atoms with Crippen molar-refractivity contribution in [3.63, 3.8) is 0 Å². The molecule has 0 amide bonds. The fourth-order valence-electron chi connectivity index (χ4n) is 1.89. The van der Waals surface area contributed by atoms with Gasteiger partial charge in [0.05, 0.1) is 5.52 Å². The fourth-order valence-corrected chi connectivity index (χ4v) is 1.89. The van der Waals surface area contributed by atoms with Crippen LogP contribution < -0.4 is 0 Å². The maximum Gasteiger partial charge on any atom is 0.320 e. The van der Waals surface area contributed by atoms with Gasteiger partial charge < -0.3 is 5.11 Å². The molecular weight excluding hydrogens is 228 g/mol. The molecule has 0 aliphatic heterocycles. The minimum atomic E-state index is -0.809. The van der Waals surface area contributed by atoms with Crippen LogP contribution >= 0.6 is 0 Å². The highest BCUT2D eigenvalue weighted by Crippen LogP contribution is 2.18. The van der Waals surface area contributed by atoms with Crippen LogP contribution in [0.5, 0.6) is 0 Å². The summed E-state index contributed by atoms with van der Waals surface area (Å²) >= 11 is 0. The van der Waals surface area contributed by atoms with Crippen LogP contribution in [-0.2, 0) is 11.3 Å². The van der Waals surface area contributed by atoms with Gasteiger partial charge in [0.25, 0.3) is 0 Å². The van der Waals surface area contributed by atoms with Gasteiger partial charge in [0.1, 0.15) is 6.04 Å². The molecule has 0 aliphatic rings. The SMILES string of the molecule is CC(C(=O)O)N(C)Cc1ccnc2ccccc12. The fraction of sp³-hybridized carbons (Fsp3) is 0.286. The van der Waals surface area contributed by atoms with E-state index in [9.17, 15) is 4.79 Å². The second-order valence-corrected chi connectivity index (χ2v) is 4.42. The van der Waals surface area contributed by atoms with Crippen molar-refractivity contribution in [2.45, 2.75) is 19.5 Å². The smallest absolute Gasteiger partial charge is 0.320 e. The van der Waals surface area contributed by atoms with E-state index >= 15 is 0 Å². The summed E-state index contributed by atoms with van der Waals surface area (Å²) in [6.07, 6.45) is 1.76. The van der Waals surface area contributed by atoms with E-state index in [1.54, 1.807) is 13.1 Å². The highest BCUT2D eigenvalue weighted by molar-refractivity contribution is 5.81. The van der Waals surface area contributed by atoms with Gasteiger partial charge in [-0.15, -0.1) is 0 Å². The van der Waals surface area contributed by atoms with Crippen LogP contribution in [0.1, 0.15) is 12.5 Å². The van der Waals surface area contributed by atoms with Gasteiger partial charge in [-0.3, -0.25) is 14.7 Å². The normalized spacial score (nSPS) is 12.8. The van der Waals surface area contributed by atoms with Crippen LogP contribution in [0, 0.1) is 0 Å². The summed E-state index contributed by atoms with van der Waals surface area (Å²) in [7, 11) is 1.81. The molecular formula is C14H16N2O2. The Kier molecular flexibility index (Phi) is 3.58. The van der Waals surface area contributed by atoms with Crippen molar-refractivity contribution in [1.29, 1.82) is 0 Å². The number of fused-ring (bicyclic) bond motifs is 1. The van der Waals surface area contributed by atoms with E-state index in [0.29, 0.717) is 6.54 Å². The largest absolute Gasteiger partial charge is 0.480 e. The maximum atomic E-state index is 10.9. The molecule has 1 N–H and O–H groups in total. The number of nitrogens with zero attached hydrogens (tertiary/aromatic N) is 2. The number of para-hydroxylation sites is 1. The van der Waals surface area contributed by atoms with Gasteiger partial charge in [0, 0.05) is 18.1 Å². The number of aromatic nitrogens is 1. The molecule has 18 heavy (non-hydrogen) atoms. The van der Waals surface area contributed by atoms with Crippen molar-refractivity contribution < 1.29 is 9.90 Å². The third-order valence-electron chi connectivity index (χ3n) is 3.18. The molecule has 0 saturated heterocycles. The van der Waals surface area contributed by atoms with Gasteiger partial charge in [0.2, 0.25) is 0 Å². The Morgan fingerprint density at radius 3 is 2.83 bits per heavy atom. The first kappa shape index (κ1) is 12.5. The third-order valence-corrected chi connectivity index (χ3v) is 3.18. The number of hydrogen-bond acceptors (Lipinski definition) is 3. The lowest BCUT2D eigenvalue weighted by atomic mass is 10.1. The first-order chi connectivity index (χ1) is 8.59. The van der Waals surface area contributed by atoms with Crippen LogP contribution in [0.2, 0.25) is 0 Å². The quantitative estimate of drug-likeness (QED) is 0.895. The summed E-state index contributed by atoms with van der Waals surface area (Å²) in [5.41, 5.74) is 2.03. The first-order valence-electron chi connectivity index (χ1n) is 5.85. The minimum absolute atomic E-state index is 0.503. The van der Waals surface area contributed by atoms with E-state index in [1.165, 1.54) is 0 Å². The lowest BCUT2D eigenvalue weighted by Crippen LogP contribution is -2.35. The Balaban J connectivity index is 2.29. The van der Waals surface area contributed by atoms with Crippen molar-refractivity contribution in [1.82, 2.24) is 9.88 Å². The first-order valence-corrected chi connectivity index (χ1v) is 5.85. The molecule has 0 spiro atoms. The number of likely N-dealkylation sites (N-methyl/N-ethyl adjacent to an activating group) is 1. The number of rotatable bonds is 4. The zero-order valence-corrected chi connectivity index (χ0v) is 10.5. The Morgan fingerprint density at radius 1 is 1.39 bits per heavy atom. The highest BCUT2D eigenvalue weighted by atomic mass is 16.4. The zero-order chi connectivity index (χ0) is 13.1. The molecule has 0 saturated carbocycles. The number of hydrogen-bond donors (Lipinski definition) is 1. The van der Waals surface area contributed by atoms with Crippen LogP contribution in [-0.4, -0.2) is 34.0 Å². The van der Waals surface area contributed by atoms with Gasteiger partial charge in [-0.05, 0) is 31.7 Å². The van der Waals surface area contributed by atoms with E-state index in [4.69, 9.17) is 5.11 Å². The van der Waals surface area contributed by atoms with E-state index < -0.39 is 12.0 Å². The van der Waals surface area contributed by atoms with Crippen molar-refractivity contribution in [3.05, 3.63) is 42.1 Å². The lowest BCUT2D eigenvalue weighted by Gasteiger charge is -2.21. The van der Waals surface area contributed by atoms with Crippen molar-refractivity contribution in [2.24, 2.45) is 0 Å². The summed E-state index contributed by atoms with van der Waals surface area (Å²) < 4.78 is 0. The van der Waals surface area contributed by atoms with E-state index in [0.717, 1.165) is 16.5 Å². The molecule has 0 radical (unpaired) electrons. The van der Waals surface area contributed by atoms with Gasteiger partial charge in [-0.2, -0.15) is 0 Å². The Bertz CT molecular complexity index is 563. The van der Waals surface area contributed by atoms with Gasteiger partial charge in [-0.25, -0.2) is 0 Å². The summed E-state index contributed by atoms with van der Waals surface area (Å²) in [5, 5.41) is 10.1. The average Bonchev–Trinajstić information content (AvgIpc) is 2.38. The molecule has 1 atom stereocenters. The summed E-state index contributed by atoms with van der Waals surface area (Å²) in [6, 6.07) is 9.32. The van der Waals surface area contributed by atoms with E-state index in [-0.39, 0.29) is 0 Å². The van der Waals surface area contributed by atoms with E-state index in [1.807, 2.05) is 42.3 Å². The predicted octanol–water partition coefficient (Wildman–Crippen LogP) is 2.14. The summed E-state index contributed by atoms with van der Waals surface area (Å²) in [4.78, 5) is 17.0. The van der Waals surface area contributed by atoms with Gasteiger partial charge in [0.15, 0.2) is 0 Å². The average molecular weight is 244 g/mol. The molecule has 94 valence electrons. The molecule has 4 heteroatoms. The lowest BCUT2D eigenvalue weighted by molar-refractivity contribution is -0.142. The zero-order valence-electron chi connectivity index (χ0n) is 10.5. The molecule has 2 rings (SSSR count). The summed E-state index contributed by atoms with van der Waals surface area (Å²) in [5.74, 6) is -0.809. The van der Waals surface area contributed by atoms with Crippen molar-refractivity contribution in [3.8, 4) is 0 Å². The monoisotopic (exact) mass is 244 g/mol. The van der Waals surface area contributed by atoms with Crippen LogP contribution in [0.15, 0.2) is 36.5 Å². The van der Waals surface area contributed by atoms with Crippen LogP contribution in [0.3, 0.4) is 0 Å². The van der Waals surface area contributed by atoms with Crippen molar-refractivity contribution in [2.75, 3.05) is 7.05 Å². The molecule has 1 aromatic heterocycles. The number of carboxylic acid groups (broad SMARTS) is 1. The Morgan fingerprint density at radius 2 is 2.11 bits per heavy atom. The third kappa shape index (κ3) is 2.49. The van der Waals surface area contributed by atoms with Crippen molar-refractivity contribution >= 4 is 16.9 Å². The van der Waals surface area contributed by atoms with Gasteiger partial charge >= 0.3 is 5.97 Å². The minimum Gasteiger partial charge on any atom is -0.480 e. The molecule has 0 bridgehead atoms. The number of carboxylic acids is 1. The molecule has 0 aliphatic carbocycles. The standard InChI is InChI=1S/C14H16N2O2/c1-10(14(17)18)16(2)9-11-7-8-15-13-6-4-3-5-12(11)13/h3-8,10H,9H2,1-2H3,(H,17,18). The molecule has 1 heterocycles. The van der Waals surface area contributed by atoms with Crippen LogP contribution in [0.25, 0.3) is 10.9 Å². The Labute approximate surface area is 106 Å². The number of aliphatic carboxylic acids is 1. The highest BCUT2D eigenvalue weighted by Gasteiger charge is 2.17. The molecule has 0 fully saturated rings. The number of pyridine rings is 1. The summed E-state index contributed by atoms with van der Waals surface area (Å²) in [6.45, 7) is 2.28. The number of benzene rings is 1. The number of carbonyl (C=O) groups is 1. The van der Waals surface area contributed by atoms with Crippen LogP contribution in [0.4, 0.5) is 0 Å². The maximum absolute atomic E-state index is 10.9. The molecule has 2 aromatic rings. The molecule has 1 aromatic carbocycles.